The van der Waals surface area contributed by atoms with Gasteiger partial charge in [0.15, 0.2) is 0 Å². The van der Waals surface area contributed by atoms with Crippen LogP contribution in [-0.2, 0) is 4.74 Å². The van der Waals surface area contributed by atoms with Crippen molar-refractivity contribution in [2.24, 2.45) is 10.8 Å². The van der Waals surface area contributed by atoms with Crippen molar-refractivity contribution in [3.63, 3.8) is 0 Å². The highest BCUT2D eigenvalue weighted by Gasteiger charge is 2.35. The molecule has 16 heavy (non-hydrogen) atoms. The number of alkyl halides is 3. The molecule has 4 heteroatoms. The first-order valence-corrected chi connectivity index (χ1v) is 5.50. The molecule has 1 atom stereocenters. The highest BCUT2D eigenvalue weighted by molar-refractivity contribution is 4.80. The van der Waals surface area contributed by atoms with Crippen molar-refractivity contribution in [2.45, 2.75) is 60.2 Å². The molecule has 0 aliphatic rings. The van der Waals surface area contributed by atoms with Crippen LogP contribution >= 0.6 is 0 Å². The lowest BCUT2D eigenvalue weighted by Crippen LogP contribution is -2.36. The molecule has 0 saturated carbocycles. The van der Waals surface area contributed by atoms with Crippen LogP contribution in [-0.4, -0.2) is 18.9 Å². The Bertz CT molecular complexity index is 208. The van der Waals surface area contributed by atoms with Crippen molar-refractivity contribution >= 4 is 0 Å². The van der Waals surface area contributed by atoms with Gasteiger partial charge in [0.2, 0.25) is 0 Å². The van der Waals surface area contributed by atoms with Crippen LogP contribution in [0.2, 0.25) is 0 Å². The molecule has 0 radical (unpaired) electrons. The summed E-state index contributed by atoms with van der Waals surface area (Å²) in [7, 11) is 0. The van der Waals surface area contributed by atoms with Gasteiger partial charge in [0.1, 0.15) is 6.61 Å². The predicted octanol–water partition coefficient (Wildman–Crippen LogP) is 4.42. The van der Waals surface area contributed by atoms with E-state index in [9.17, 15) is 13.2 Å². The monoisotopic (exact) mass is 240 g/mol. The van der Waals surface area contributed by atoms with Gasteiger partial charge in [-0.15, -0.1) is 0 Å². The Hall–Kier alpha value is -0.250. The van der Waals surface area contributed by atoms with Gasteiger partial charge in [0.05, 0.1) is 6.10 Å². The van der Waals surface area contributed by atoms with Crippen LogP contribution in [0, 0.1) is 10.8 Å². The normalized spacial score (nSPS) is 16.3. The van der Waals surface area contributed by atoms with Crippen molar-refractivity contribution in [1.29, 1.82) is 0 Å². The van der Waals surface area contributed by atoms with Crippen molar-refractivity contribution in [1.82, 2.24) is 0 Å². The third-order valence-electron chi connectivity index (χ3n) is 2.21. The predicted molar refractivity (Wildman–Crippen MR) is 59.3 cm³/mol. The van der Waals surface area contributed by atoms with Gasteiger partial charge >= 0.3 is 6.18 Å². The van der Waals surface area contributed by atoms with Crippen LogP contribution in [0.4, 0.5) is 13.2 Å². The lowest BCUT2D eigenvalue weighted by Gasteiger charge is -2.35. The van der Waals surface area contributed by atoms with E-state index in [1.54, 1.807) is 0 Å². The number of hydrogen-bond donors (Lipinski definition) is 0. The van der Waals surface area contributed by atoms with E-state index >= 15 is 0 Å². The summed E-state index contributed by atoms with van der Waals surface area (Å²) in [5, 5.41) is 0. The first-order chi connectivity index (χ1) is 6.81. The third kappa shape index (κ3) is 7.97. The van der Waals surface area contributed by atoms with Crippen molar-refractivity contribution in [2.75, 3.05) is 6.61 Å². The Labute approximate surface area is 96.4 Å². The summed E-state index contributed by atoms with van der Waals surface area (Å²) >= 11 is 0. The largest absolute Gasteiger partial charge is 0.411 e. The zero-order valence-electron chi connectivity index (χ0n) is 11.0. The molecule has 1 nitrogen and oxygen atoms in total. The average molecular weight is 240 g/mol. The molecule has 0 bridgehead atoms. The molecule has 0 aliphatic carbocycles. The maximum atomic E-state index is 12.1. The average Bonchev–Trinajstić information content (AvgIpc) is 1.91. The van der Waals surface area contributed by atoms with E-state index in [1.807, 2.05) is 41.5 Å². The Balaban J connectivity index is 4.47. The number of rotatable bonds is 3. The van der Waals surface area contributed by atoms with Gasteiger partial charge in [0, 0.05) is 0 Å². The smallest absolute Gasteiger partial charge is 0.368 e. The number of halogens is 3. The molecule has 0 rings (SSSR count). The zero-order chi connectivity index (χ0) is 13.2. The van der Waals surface area contributed by atoms with E-state index in [0.29, 0.717) is 6.42 Å². The van der Waals surface area contributed by atoms with Crippen LogP contribution in [0.1, 0.15) is 48.0 Å². The van der Waals surface area contributed by atoms with E-state index in [1.165, 1.54) is 0 Å². The summed E-state index contributed by atoms with van der Waals surface area (Å²) < 4.78 is 41.4. The lowest BCUT2D eigenvalue weighted by atomic mass is 9.78. The molecule has 0 saturated heterocycles. The SMILES string of the molecule is CC(C)(C)CC(OCC(F)(F)F)C(C)(C)C. The van der Waals surface area contributed by atoms with E-state index in [2.05, 4.69) is 0 Å². The van der Waals surface area contributed by atoms with Crippen LogP contribution in [0.15, 0.2) is 0 Å². The first-order valence-electron chi connectivity index (χ1n) is 5.50. The summed E-state index contributed by atoms with van der Waals surface area (Å²) in [5.74, 6) is 0. The summed E-state index contributed by atoms with van der Waals surface area (Å²) in [6.07, 6.45) is -4.01. The van der Waals surface area contributed by atoms with E-state index in [-0.39, 0.29) is 16.9 Å². The molecule has 1 unspecified atom stereocenters. The maximum absolute atomic E-state index is 12.1. The van der Waals surface area contributed by atoms with E-state index < -0.39 is 12.8 Å². The Kier molecular flexibility index (Phi) is 4.87. The molecule has 98 valence electrons. The number of ether oxygens (including phenoxy) is 1. The lowest BCUT2D eigenvalue weighted by molar-refractivity contribution is -0.198. The number of hydrogen-bond acceptors (Lipinski definition) is 1. The summed E-state index contributed by atoms with van der Waals surface area (Å²) in [6, 6.07) is 0. The Morgan fingerprint density at radius 2 is 1.38 bits per heavy atom. The molecule has 0 amide bonds. The van der Waals surface area contributed by atoms with Gasteiger partial charge in [-0.05, 0) is 17.3 Å². The molecular formula is C12H23F3O. The fraction of sp³-hybridized carbons (Fsp3) is 1.00. The minimum absolute atomic E-state index is 0.0381. The fourth-order valence-corrected chi connectivity index (χ4v) is 1.37. The van der Waals surface area contributed by atoms with Crippen molar-refractivity contribution in [3.05, 3.63) is 0 Å². The van der Waals surface area contributed by atoms with Gasteiger partial charge in [-0.2, -0.15) is 13.2 Å². The highest BCUT2D eigenvalue weighted by atomic mass is 19.4. The zero-order valence-corrected chi connectivity index (χ0v) is 11.0. The Morgan fingerprint density at radius 1 is 0.938 bits per heavy atom. The van der Waals surface area contributed by atoms with Gasteiger partial charge < -0.3 is 4.74 Å². The quantitative estimate of drug-likeness (QED) is 0.709. The molecule has 0 aromatic rings. The van der Waals surface area contributed by atoms with Gasteiger partial charge in [-0.3, -0.25) is 0 Å². The van der Waals surface area contributed by atoms with E-state index in [0.717, 1.165) is 0 Å². The molecular weight excluding hydrogens is 217 g/mol. The highest BCUT2D eigenvalue weighted by Crippen LogP contribution is 2.33. The van der Waals surface area contributed by atoms with Gasteiger partial charge in [-0.25, -0.2) is 0 Å². The minimum Gasteiger partial charge on any atom is -0.368 e. The minimum atomic E-state index is -4.25. The summed E-state index contributed by atoms with van der Waals surface area (Å²) in [5.41, 5.74) is -0.317. The molecule has 0 heterocycles. The first kappa shape index (κ1) is 15.8. The van der Waals surface area contributed by atoms with Crippen molar-refractivity contribution in [3.8, 4) is 0 Å². The van der Waals surface area contributed by atoms with Crippen LogP contribution in [0.5, 0.6) is 0 Å². The fourth-order valence-electron chi connectivity index (χ4n) is 1.37. The third-order valence-corrected chi connectivity index (χ3v) is 2.21. The molecule has 0 spiro atoms. The topological polar surface area (TPSA) is 9.23 Å². The molecule has 0 aromatic carbocycles. The second-order valence-corrected chi connectivity index (χ2v) is 6.55. The molecule has 0 N–H and O–H groups in total. The summed E-state index contributed by atoms with van der Waals surface area (Å²) in [4.78, 5) is 0. The second-order valence-electron chi connectivity index (χ2n) is 6.55. The van der Waals surface area contributed by atoms with Gasteiger partial charge in [0.25, 0.3) is 0 Å². The maximum Gasteiger partial charge on any atom is 0.411 e. The van der Waals surface area contributed by atoms with E-state index in [4.69, 9.17) is 4.74 Å². The second kappa shape index (κ2) is 4.94. The van der Waals surface area contributed by atoms with Crippen molar-refractivity contribution < 1.29 is 17.9 Å². The Morgan fingerprint density at radius 3 is 1.62 bits per heavy atom. The standard InChI is InChI=1S/C12H23F3O/c1-10(2,3)7-9(11(4,5)6)16-8-12(13,14)15/h9H,7-8H2,1-6H3. The van der Waals surface area contributed by atoms with Gasteiger partial charge in [-0.1, -0.05) is 41.5 Å². The molecule has 0 aromatic heterocycles. The molecule has 0 fully saturated rings. The summed E-state index contributed by atoms with van der Waals surface area (Å²) in [6.45, 7) is 10.6. The van der Waals surface area contributed by atoms with Crippen LogP contribution < -0.4 is 0 Å². The molecule has 0 aliphatic heterocycles. The van der Waals surface area contributed by atoms with Crippen LogP contribution in [0.25, 0.3) is 0 Å². The van der Waals surface area contributed by atoms with Crippen LogP contribution in [0.3, 0.4) is 0 Å².